The molecule has 4 N–H and O–H groups in total. The molecule has 196 valence electrons. The molecular formula is C18H26F5N3O8. The third-order valence-corrected chi connectivity index (χ3v) is 3.72. The summed E-state index contributed by atoms with van der Waals surface area (Å²) in [4.78, 5) is 67.0. The summed E-state index contributed by atoms with van der Waals surface area (Å²) in [5.74, 6) is -8.52. The van der Waals surface area contributed by atoms with Crippen LogP contribution < -0.4 is 16.0 Å². The topological polar surface area (TPSA) is 168 Å². The molecule has 0 aliphatic heterocycles. The third-order valence-electron chi connectivity index (χ3n) is 3.72. The first kappa shape index (κ1) is 32.8. The van der Waals surface area contributed by atoms with E-state index in [1.165, 1.54) is 19.2 Å². The second-order valence-corrected chi connectivity index (χ2v) is 6.91. The molecule has 0 fully saturated rings. The van der Waals surface area contributed by atoms with E-state index in [0.29, 0.717) is 0 Å². The van der Waals surface area contributed by atoms with Crippen molar-refractivity contribution in [2.45, 2.75) is 51.5 Å². The van der Waals surface area contributed by atoms with Gasteiger partial charge in [-0.1, -0.05) is 13.8 Å². The maximum absolute atomic E-state index is 12.4. The number of halogens is 5. The van der Waals surface area contributed by atoms with Crippen LogP contribution in [0.5, 0.6) is 0 Å². The number of carboxylic acids is 1. The Morgan fingerprint density at radius 2 is 1.38 bits per heavy atom. The molecule has 11 nitrogen and oxygen atoms in total. The quantitative estimate of drug-likeness (QED) is 0.221. The Balaban J connectivity index is 0. The molecule has 16 heteroatoms. The van der Waals surface area contributed by atoms with Gasteiger partial charge in [0.1, 0.15) is 18.1 Å². The van der Waals surface area contributed by atoms with E-state index in [0.717, 1.165) is 14.0 Å². The highest BCUT2D eigenvalue weighted by Gasteiger charge is 2.41. The molecule has 0 saturated carbocycles. The molecule has 0 saturated heterocycles. The van der Waals surface area contributed by atoms with Crippen LogP contribution in [0.3, 0.4) is 0 Å². The third kappa shape index (κ3) is 13.3. The van der Waals surface area contributed by atoms with Gasteiger partial charge >= 0.3 is 24.0 Å². The van der Waals surface area contributed by atoms with Crippen molar-refractivity contribution in [1.82, 2.24) is 16.0 Å². The Labute approximate surface area is 190 Å². The number of aliphatic carboxylic acids is 1. The predicted molar refractivity (Wildman–Crippen MR) is 104 cm³/mol. The standard InChI is InChI=1S/C15H22F3N3O7.C3H4F2O/c1-6(2)10(21-14(27)15(16,17)18)12(25)19-7(3)11(24)20-8(5-9(22)23)13(26)28-4;4-1-3(6)2-5/h6-8,10H,5H2,1-4H3,(H,19,25)(H,20,24)(H,21,27)(H,22,23);1-2H2/t7-,8-,10-;/m0./s1. The van der Waals surface area contributed by atoms with Gasteiger partial charge in [-0.25, -0.2) is 13.6 Å². The van der Waals surface area contributed by atoms with Crippen LogP contribution in [0, 0.1) is 5.92 Å². The Bertz CT molecular complexity index is 740. The van der Waals surface area contributed by atoms with Crippen LogP contribution in [0.25, 0.3) is 0 Å². The smallest absolute Gasteiger partial charge is 0.471 e. The average Bonchev–Trinajstić information content (AvgIpc) is 2.74. The Kier molecular flexibility index (Phi) is 15.0. The SMILES string of the molecule is COC(=O)[C@H](CC(=O)O)NC(=O)[C@H](C)NC(=O)[C@@H](NC(=O)C(F)(F)F)C(C)C.O=C(CF)CF. The van der Waals surface area contributed by atoms with E-state index in [9.17, 15) is 50.7 Å². The lowest BCUT2D eigenvalue weighted by molar-refractivity contribution is -0.175. The summed E-state index contributed by atoms with van der Waals surface area (Å²) in [6, 6.07) is -4.46. The van der Waals surface area contributed by atoms with Crippen molar-refractivity contribution in [3.8, 4) is 0 Å². The van der Waals surface area contributed by atoms with Crippen LogP contribution >= 0.6 is 0 Å². The molecule has 0 heterocycles. The number of methoxy groups -OCH3 is 1. The van der Waals surface area contributed by atoms with E-state index in [2.05, 4.69) is 15.4 Å². The van der Waals surface area contributed by atoms with E-state index >= 15 is 0 Å². The van der Waals surface area contributed by atoms with E-state index in [1.807, 2.05) is 0 Å². The van der Waals surface area contributed by atoms with Gasteiger partial charge in [0.15, 0.2) is 19.1 Å². The van der Waals surface area contributed by atoms with Gasteiger partial charge < -0.3 is 25.8 Å². The zero-order valence-electron chi connectivity index (χ0n) is 18.6. The van der Waals surface area contributed by atoms with Crippen molar-refractivity contribution in [2.24, 2.45) is 5.92 Å². The van der Waals surface area contributed by atoms with Crippen molar-refractivity contribution >= 4 is 35.4 Å². The number of nitrogens with one attached hydrogen (secondary N) is 3. The Morgan fingerprint density at radius 1 is 0.882 bits per heavy atom. The predicted octanol–water partition coefficient (Wildman–Crippen LogP) is -0.179. The lowest BCUT2D eigenvalue weighted by Crippen LogP contribution is -2.57. The number of rotatable bonds is 11. The average molecular weight is 507 g/mol. The first-order valence-electron chi connectivity index (χ1n) is 9.43. The second kappa shape index (κ2) is 15.5. The van der Waals surface area contributed by atoms with Crippen molar-refractivity contribution in [3.05, 3.63) is 0 Å². The fourth-order valence-electron chi connectivity index (χ4n) is 1.97. The van der Waals surface area contributed by atoms with Gasteiger partial charge in [0, 0.05) is 0 Å². The number of carbonyl (C=O) groups excluding carboxylic acids is 5. The van der Waals surface area contributed by atoms with Crippen molar-refractivity contribution in [3.63, 3.8) is 0 Å². The van der Waals surface area contributed by atoms with Crippen LogP contribution in [0.2, 0.25) is 0 Å². The van der Waals surface area contributed by atoms with Gasteiger partial charge in [-0.3, -0.25) is 24.0 Å². The number of hydrogen-bond donors (Lipinski definition) is 4. The number of esters is 1. The summed E-state index contributed by atoms with van der Waals surface area (Å²) in [5.41, 5.74) is 0. The molecule has 0 aromatic heterocycles. The lowest BCUT2D eigenvalue weighted by atomic mass is 10.0. The number of Topliss-reactive ketones (excluding diaryl/α,β-unsaturated/α-hetero) is 1. The van der Waals surface area contributed by atoms with Crippen molar-refractivity contribution in [2.75, 3.05) is 20.5 Å². The largest absolute Gasteiger partial charge is 0.481 e. The monoisotopic (exact) mass is 507 g/mol. The van der Waals surface area contributed by atoms with Gasteiger partial charge in [0.05, 0.1) is 13.5 Å². The number of amides is 3. The maximum Gasteiger partial charge on any atom is 0.471 e. The minimum Gasteiger partial charge on any atom is -0.481 e. The first-order chi connectivity index (χ1) is 15.5. The first-order valence-corrected chi connectivity index (χ1v) is 9.43. The molecule has 0 unspecified atom stereocenters. The summed E-state index contributed by atoms with van der Waals surface area (Å²) in [6.45, 7) is 1.55. The summed E-state index contributed by atoms with van der Waals surface area (Å²) in [5, 5.41) is 14.4. The van der Waals surface area contributed by atoms with Crippen LogP contribution in [0.4, 0.5) is 22.0 Å². The lowest BCUT2D eigenvalue weighted by Gasteiger charge is -2.24. The number of carbonyl (C=O) groups is 6. The van der Waals surface area contributed by atoms with Gasteiger partial charge in [-0.2, -0.15) is 13.2 Å². The highest BCUT2D eigenvalue weighted by molar-refractivity contribution is 5.94. The molecule has 3 amide bonds. The minimum atomic E-state index is -5.19. The highest BCUT2D eigenvalue weighted by atomic mass is 19.4. The number of ether oxygens (including phenoxy) is 1. The van der Waals surface area contributed by atoms with E-state index in [-0.39, 0.29) is 0 Å². The molecule has 0 spiro atoms. The van der Waals surface area contributed by atoms with Crippen LogP contribution in [0.15, 0.2) is 0 Å². The summed E-state index contributed by atoms with van der Waals surface area (Å²) in [6.07, 6.45) is -5.98. The molecule has 0 aromatic rings. The summed E-state index contributed by atoms with van der Waals surface area (Å²) in [7, 11) is 0.977. The fraction of sp³-hybridized carbons (Fsp3) is 0.667. The minimum absolute atomic E-state index is 0.739. The Hall–Kier alpha value is -3.33. The molecule has 0 bridgehead atoms. The molecule has 0 radical (unpaired) electrons. The Morgan fingerprint density at radius 3 is 1.71 bits per heavy atom. The number of hydrogen-bond acceptors (Lipinski definition) is 7. The molecule has 3 atom stereocenters. The molecule has 0 aliphatic carbocycles. The molecule has 0 aliphatic rings. The molecule has 0 aromatic carbocycles. The number of carboxylic acid groups (broad SMARTS) is 1. The summed E-state index contributed by atoms with van der Waals surface area (Å²) >= 11 is 0. The molecular weight excluding hydrogens is 481 g/mol. The zero-order chi connectivity index (χ0) is 27.2. The van der Waals surface area contributed by atoms with Crippen LogP contribution in [0.1, 0.15) is 27.2 Å². The normalized spacial score (nSPS) is 13.4. The van der Waals surface area contributed by atoms with Crippen LogP contribution in [-0.2, 0) is 33.5 Å². The van der Waals surface area contributed by atoms with Crippen molar-refractivity contribution < 1.29 is 60.6 Å². The van der Waals surface area contributed by atoms with E-state index < -0.39 is 85.4 Å². The van der Waals surface area contributed by atoms with Gasteiger partial charge in [-0.15, -0.1) is 0 Å². The second-order valence-electron chi connectivity index (χ2n) is 6.91. The number of ketones is 1. The van der Waals surface area contributed by atoms with E-state index in [4.69, 9.17) is 5.11 Å². The van der Waals surface area contributed by atoms with Gasteiger partial charge in [0.25, 0.3) is 0 Å². The zero-order valence-corrected chi connectivity index (χ0v) is 18.6. The molecule has 34 heavy (non-hydrogen) atoms. The van der Waals surface area contributed by atoms with E-state index in [1.54, 1.807) is 0 Å². The highest BCUT2D eigenvalue weighted by Crippen LogP contribution is 2.15. The fourth-order valence-corrected chi connectivity index (χ4v) is 1.97. The maximum atomic E-state index is 12.4. The number of alkyl halides is 5. The van der Waals surface area contributed by atoms with Gasteiger partial charge in [-0.05, 0) is 12.8 Å². The van der Waals surface area contributed by atoms with Crippen LogP contribution in [-0.4, -0.2) is 85.3 Å². The summed E-state index contributed by atoms with van der Waals surface area (Å²) < 4.78 is 63.1. The van der Waals surface area contributed by atoms with Crippen molar-refractivity contribution in [1.29, 1.82) is 0 Å². The molecule has 0 rings (SSSR count). The van der Waals surface area contributed by atoms with Gasteiger partial charge in [0.2, 0.25) is 11.8 Å².